The van der Waals surface area contributed by atoms with Gasteiger partial charge in [-0.1, -0.05) is 13.0 Å². The van der Waals surface area contributed by atoms with Gasteiger partial charge in [0.15, 0.2) is 5.82 Å². The smallest absolute Gasteiger partial charge is 0.381 e. The topological polar surface area (TPSA) is 50.3 Å². The van der Waals surface area contributed by atoms with Gasteiger partial charge in [0.05, 0.1) is 5.69 Å². The van der Waals surface area contributed by atoms with Crippen LogP contribution in [0.5, 0.6) is 0 Å². The monoisotopic (exact) mass is 492 g/mol. The second-order valence-electron chi connectivity index (χ2n) is 10.3. The number of rotatable bonds is 6. The molecule has 9 heteroatoms. The van der Waals surface area contributed by atoms with Crippen molar-refractivity contribution >= 4 is 5.82 Å². The standard InChI is InChI=1S/C26H32F4N4O/c1-2-16-3-4-23(27)21(9-16)24-12-22(26(28,29)30)25(33-32-24)31-20-10-18-14-34(15-19(18)11-20)13-17-5-7-35-8-6-17/h3-4,9,12,17-20H,2,5-8,10-11,13-15H2,1H3,(H,31,33)/t18-,19+,20?. The molecule has 0 amide bonds. The fourth-order valence-corrected chi connectivity index (χ4v) is 5.99. The Labute approximate surface area is 203 Å². The molecule has 0 radical (unpaired) electrons. The average molecular weight is 493 g/mol. The Hall–Kier alpha value is -2.26. The Kier molecular flexibility index (Phi) is 6.99. The van der Waals surface area contributed by atoms with Crippen molar-refractivity contribution in [2.45, 2.75) is 51.2 Å². The molecule has 1 aromatic carbocycles. The van der Waals surface area contributed by atoms with E-state index < -0.39 is 17.6 Å². The number of halogens is 4. The van der Waals surface area contributed by atoms with Crippen molar-refractivity contribution in [3.8, 4) is 11.3 Å². The molecule has 0 bridgehead atoms. The number of nitrogens with one attached hydrogen (secondary N) is 1. The summed E-state index contributed by atoms with van der Waals surface area (Å²) in [6.07, 6.45) is -0.120. The number of anilines is 1. The molecule has 3 atom stereocenters. The minimum Gasteiger partial charge on any atom is -0.381 e. The van der Waals surface area contributed by atoms with E-state index in [-0.39, 0.29) is 23.1 Å². The van der Waals surface area contributed by atoms with Crippen LogP contribution in [0.1, 0.15) is 43.7 Å². The third kappa shape index (κ3) is 5.45. The number of alkyl halides is 3. The van der Waals surface area contributed by atoms with Crippen LogP contribution in [0.3, 0.4) is 0 Å². The van der Waals surface area contributed by atoms with Gasteiger partial charge in [-0.05, 0) is 73.6 Å². The first-order valence-electron chi connectivity index (χ1n) is 12.6. The molecule has 3 heterocycles. The number of fused-ring (bicyclic) bond motifs is 1. The van der Waals surface area contributed by atoms with Crippen LogP contribution in [0.2, 0.25) is 0 Å². The molecule has 5 nitrogen and oxygen atoms in total. The van der Waals surface area contributed by atoms with Crippen molar-refractivity contribution in [3.05, 3.63) is 41.2 Å². The number of hydrogen-bond acceptors (Lipinski definition) is 5. The highest BCUT2D eigenvalue weighted by molar-refractivity contribution is 5.64. The van der Waals surface area contributed by atoms with Gasteiger partial charge in [-0.2, -0.15) is 13.2 Å². The predicted octanol–water partition coefficient (Wildman–Crippen LogP) is 5.41. The van der Waals surface area contributed by atoms with Crippen molar-refractivity contribution in [1.82, 2.24) is 15.1 Å². The fourth-order valence-electron chi connectivity index (χ4n) is 5.99. The van der Waals surface area contributed by atoms with Gasteiger partial charge in [0.1, 0.15) is 11.4 Å². The lowest BCUT2D eigenvalue weighted by atomic mass is 10.00. The van der Waals surface area contributed by atoms with Crippen molar-refractivity contribution in [3.63, 3.8) is 0 Å². The van der Waals surface area contributed by atoms with Crippen molar-refractivity contribution in [2.24, 2.45) is 17.8 Å². The highest BCUT2D eigenvalue weighted by Crippen LogP contribution is 2.42. The van der Waals surface area contributed by atoms with E-state index in [0.29, 0.717) is 24.2 Å². The Morgan fingerprint density at radius 3 is 2.43 bits per heavy atom. The number of aromatic nitrogens is 2. The zero-order chi connectivity index (χ0) is 24.6. The molecule has 5 rings (SSSR count). The molecule has 1 N–H and O–H groups in total. The highest BCUT2D eigenvalue weighted by atomic mass is 19.4. The summed E-state index contributed by atoms with van der Waals surface area (Å²) in [5.41, 5.74) is -0.152. The Bertz CT molecular complexity index is 1030. The van der Waals surface area contributed by atoms with Gasteiger partial charge in [-0.3, -0.25) is 0 Å². The molecule has 1 saturated carbocycles. The molecule has 0 spiro atoms. The summed E-state index contributed by atoms with van der Waals surface area (Å²) in [5.74, 6) is 0.777. The van der Waals surface area contributed by atoms with Crippen LogP contribution < -0.4 is 5.32 Å². The van der Waals surface area contributed by atoms with E-state index in [0.717, 1.165) is 70.2 Å². The lowest BCUT2D eigenvalue weighted by Gasteiger charge is -2.28. The first-order chi connectivity index (χ1) is 16.8. The van der Waals surface area contributed by atoms with E-state index >= 15 is 0 Å². The van der Waals surface area contributed by atoms with Gasteiger partial charge in [0.2, 0.25) is 0 Å². The van der Waals surface area contributed by atoms with Gasteiger partial charge >= 0.3 is 6.18 Å². The van der Waals surface area contributed by atoms with E-state index in [1.54, 1.807) is 6.07 Å². The van der Waals surface area contributed by atoms with Gasteiger partial charge in [-0.25, -0.2) is 4.39 Å². The first kappa shape index (κ1) is 24.4. The average Bonchev–Trinajstić information content (AvgIpc) is 3.37. The molecule has 2 aromatic rings. The van der Waals surface area contributed by atoms with E-state index in [1.165, 1.54) is 12.1 Å². The number of likely N-dealkylation sites (tertiary alicyclic amines) is 1. The number of hydrogen-bond donors (Lipinski definition) is 1. The summed E-state index contributed by atoms with van der Waals surface area (Å²) in [6.45, 7) is 6.69. The van der Waals surface area contributed by atoms with E-state index in [2.05, 4.69) is 20.4 Å². The molecule has 2 aliphatic heterocycles. The first-order valence-corrected chi connectivity index (χ1v) is 12.6. The SMILES string of the molecule is CCc1ccc(F)c(-c2cc(C(F)(F)F)c(NC3C[C@@H]4CN(CC5CCOCC5)C[C@@H]4C3)nn2)c1. The molecule has 3 aliphatic rings. The number of benzene rings is 1. The molecule has 1 aromatic heterocycles. The van der Waals surface area contributed by atoms with Crippen LogP contribution in [-0.2, 0) is 17.3 Å². The van der Waals surface area contributed by atoms with Gasteiger partial charge in [0.25, 0.3) is 0 Å². The summed E-state index contributed by atoms with van der Waals surface area (Å²) < 4.78 is 61.7. The molecule has 3 fully saturated rings. The minimum absolute atomic E-state index is 0.0360. The largest absolute Gasteiger partial charge is 0.420 e. The molecule has 2 saturated heterocycles. The maximum Gasteiger partial charge on any atom is 0.420 e. The minimum atomic E-state index is -4.62. The lowest BCUT2D eigenvalue weighted by molar-refractivity contribution is -0.137. The third-order valence-electron chi connectivity index (χ3n) is 7.84. The second kappa shape index (κ2) is 10.0. The van der Waals surface area contributed by atoms with Gasteiger partial charge in [-0.15, -0.1) is 10.2 Å². The fraction of sp³-hybridized carbons (Fsp3) is 0.615. The molecular weight excluding hydrogens is 460 g/mol. The zero-order valence-corrected chi connectivity index (χ0v) is 20.0. The maximum absolute atomic E-state index is 14.4. The Balaban J connectivity index is 1.27. The molecule has 1 aliphatic carbocycles. The summed E-state index contributed by atoms with van der Waals surface area (Å²) in [4.78, 5) is 2.52. The number of ether oxygens (including phenoxy) is 1. The van der Waals surface area contributed by atoms with Gasteiger partial charge < -0.3 is 15.0 Å². The number of nitrogens with zero attached hydrogens (tertiary/aromatic N) is 3. The number of aryl methyl sites for hydroxylation is 1. The Morgan fingerprint density at radius 1 is 1.06 bits per heavy atom. The molecule has 35 heavy (non-hydrogen) atoms. The lowest BCUT2D eigenvalue weighted by Crippen LogP contribution is -2.32. The quantitative estimate of drug-likeness (QED) is 0.547. The highest BCUT2D eigenvalue weighted by Gasteiger charge is 2.43. The van der Waals surface area contributed by atoms with Crippen LogP contribution in [0.4, 0.5) is 23.4 Å². The van der Waals surface area contributed by atoms with E-state index in [9.17, 15) is 17.6 Å². The molecular formula is C26H32F4N4O. The molecule has 1 unspecified atom stereocenters. The van der Waals surface area contributed by atoms with E-state index in [4.69, 9.17) is 4.74 Å². The van der Waals surface area contributed by atoms with Crippen molar-refractivity contribution in [2.75, 3.05) is 38.2 Å². The second-order valence-corrected chi connectivity index (χ2v) is 10.3. The Morgan fingerprint density at radius 2 is 1.77 bits per heavy atom. The van der Waals surface area contributed by atoms with E-state index in [1.807, 2.05) is 6.92 Å². The third-order valence-corrected chi connectivity index (χ3v) is 7.84. The van der Waals surface area contributed by atoms with Gasteiger partial charge in [0, 0.05) is 44.5 Å². The summed E-state index contributed by atoms with van der Waals surface area (Å²) >= 11 is 0. The molecule has 190 valence electrons. The maximum atomic E-state index is 14.4. The summed E-state index contributed by atoms with van der Waals surface area (Å²) in [5, 5.41) is 10.9. The normalized spacial score (nSPS) is 25.7. The van der Waals surface area contributed by atoms with Crippen LogP contribution >= 0.6 is 0 Å². The van der Waals surface area contributed by atoms with Crippen LogP contribution in [0, 0.1) is 23.6 Å². The summed E-state index contributed by atoms with van der Waals surface area (Å²) in [6, 6.07) is 5.26. The van der Waals surface area contributed by atoms with Crippen molar-refractivity contribution < 1.29 is 22.3 Å². The zero-order valence-electron chi connectivity index (χ0n) is 20.0. The predicted molar refractivity (Wildman–Crippen MR) is 125 cm³/mol. The van der Waals surface area contributed by atoms with Crippen molar-refractivity contribution in [1.29, 1.82) is 0 Å². The summed E-state index contributed by atoms with van der Waals surface area (Å²) in [7, 11) is 0. The van der Waals surface area contributed by atoms with Crippen LogP contribution in [-0.4, -0.2) is 54.0 Å². The van der Waals surface area contributed by atoms with Crippen LogP contribution in [0.15, 0.2) is 24.3 Å². The van der Waals surface area contributed by atoms with Crippen LogP contribution in [0.25, 0.3) is 11.3 Å².